The van der Waals surface area contributed by atoms with E-state index in [1.165, 1.54) is 24.9 Å². The number of aromatic nitrogens is 12. The molecule has 0 atom stereocenters. The lowest BCUT2D eigenvalue weighted by molar-refractivity contribution is 0.0902. The van der Waals surface area contributed by atoms with Crippen molar-refractivity contribution in [3.05, 3.63) is 441 Å². The number of Topliss-reactive ketones (excluding diaryl/α,β-unsaturated/α-hetero) is 14. The number of thiophene rings is 3. The van der Waals surface area contributed by atoms with E-state index in [9.17, 15) is 67.1 Å². The van der Waals surface area contributed by atoms with Crippen LogP contribution in [0.2, 0.25) is 0 Å². The Labute approximate surface area is 866 Å². The van der Waals surface area contributed by atoms with E-state index < -0.39 is 0 Å². The van der Waals surface area contributed by atoms with Gasteiger partial charge in [0.1, 0.15) is 5.69 Å². The average Bonchev–Trinajstić information content (AvgIpc) is 1.71. The zero-order chi connectivity index (χ0) is 104. The maximum Gasteiger partial charge on any atom is 0.198 e. The molecule has 742 valence electrons. The van der Waals surface area contributed by atoms with Gasteiger partial charge < -0.3 is 24.4 Å². The van der Waals surface area contributed by atoms with Crippen LogP contribution in [0.3, 0.4) is 0 Å². The second-order valence-electron chi connectivity index (χ2n) is 34.6. The van der Waals surface area contributed by atoms with Crippen molar-refractivity contribution in [2.75, 3.05) is 0 Å². The molecular formula is C119H98N12O15S3. The Bertz CT molecular complexity index is 8080. The molecule has 30 heteroatoms. The molecule has 27 nitrogen and oxygen atoms in total. The van der Waals surface area contributed by atoms with Gasteiger partial charge in [-0.25, -0.2) is 19.9 Å². The van der Waals surface area contributed by atoms with E-state index in [1.807, 2.05) is 164 Å². The topological polar surface area (TPSA) is 418 Å². The van der Waals surface area contributed by atoms with Gasteiger partial charge in [0.15, 0.2) is 86.7 Å². The molecule has 0 bridgehead atoms. The number of aromatic amines is 4. The standard InChI is InChI=1S/3C18H16N2O2.C17H13NO2S.C16H13N3O2.C16H12N2O2S.C16H12O3S/c1-12-2-4-13(5-3-12)17(21)8-9-18(22)14-6-7-15-16(10-14)20-11-19-15;1-12-3-2-4-13(9-12)17(21)7-8-18(22)14-5-6-15-16(10-14)20-11-19-15;1-12-4-2-3-5-14(12)18(22)9-8-17(21)13-6-7-15-16(10-13)20-11-19-15;19-15(4-5-16(20)14-2-1-8-18-11-14)12-3-6-17-13(10-12)7-9-21-17;20-15(5-6-16(21)12-2-1-7-17-9-12)11-3-4-13-14(8-11)19-10-18-13;19-14(4-5-15(20)13-2-1-8-17-18-13)11-3-6-16-12(10-11)7-9-21-16;17-13(4-5-14(18)15-2-1-8-19-15)11-3-6-16-12(10-11)7-9-20-16/h2-7,10-11H,8-9H2,1H3,(H,19,20);2-6,9-11H,7-8H2,1H3,(H,19,20);2-7,10-11H,8-9H2,1H3,(H,19,20);1-3,6-11H,4-5H2;1-4,7-10H,5-6H2,(H,18,19);1-3,6-10H,4-5H2;1-3,6-10H,4-5H2. The molecule has 0 amide bonds. The highest BCUT2D eigenvalue weighted by atomic mass is 32.1. The average molecular weight is 2030 g/mol. The van der Waals surface area contributed by atoms with E-state index in [1.54, 1.807) is 211 Å². The molecule has 21 aromatic rings. The van der Waals surface area contributed by atoms with E-state index in [0.29, 0.717) is 78.2 Å². The largest absolute Gasteiger partial charge is 0.461 e. The molecule has 0 aliphatic heterocycles. The fraction of sp³-hybridized carbons (Fsp3) is 0.143. The lowest BCUT2D eigenvalue weighted by Gasteiger charge is -2.04. The van der Waals surface area contributed by atoms with Crippen LogP contribution in [0.25, 0.3) is 74.4 Å². The Kier molecular flexibility index (Phi) is 36.7. The van der Waals surface area contributed by atoms with E-state index in [-0.39, 0.29) is 171 Å². The zero-order valence-electron chi connectivity index (χ0n) is 81.2. The molecule has 0 fully saturated rings. The molecule has 0 unspecified atom stereocenters. The van der Waals surface area contributed by atoms with Crippen molar-refractivity contribution >= 4 is 189 Å². The normalized spacial score (nSPS) is 10.7. The number of ketones is 14. The van der Waals surface area contributed by atoms with Crippen LogP contribution >= 0.6 is 34.0 Å². The fourth-order valence-electron chi connectivity index (χ4n) is 15.8. The van der Waals surface area contributed by atoms with Crippen LogP contribution in [0, 0.1) is 20.8 Å². The second-order valence-corrected chi connectivity index (χ2v) is 37.4. The van der Waals surface area contributed by atoms with Gasteiger partial charge in [-0.3, -0.25) is 77.1 Å². The monoisotopic (exact) mass is 2030 g/mol. The minimum atomic E-state index is -0.159. The molecule has 149 heavy (non-hydrogen) atoms. The predicted octanol–water partition coefficient (Wildman–Crippen LogP) is 26.0. The smallest absolute Gasteiger partial charge is 0.198 e. The summed E-state index contributed by atoms with van der Waals surface area (Å²) in [5.74, 6) is -0.286. The number of carbonyl (C=O) groups is 14. The summed E-state index contributed by atoms with van der Waals surface area (Å²) in [6.07, 6.45) is 18.5. The van der Waals surface area contributed by atoms with Crippen LogP contribution < -0.4 is 0 Å². The maximum absolute atomic E-state index is 12.2. The first kappa shape index (κ1) is 105. The molecule has 0 saturated carbocycles. The molecule has 0 spiro atoms. The lowest BCUT2D eigenvalue weighted by atomic mass is 9.98. The number of imidazole rings is 4. The van der Waals surface area contributed by atoms with Crippen molar-refractivity contribution in [3.8, 4) is 0 Å². The summed E-state index contributed by atoms with van der Waals surface area (Å²) < 4.78 is 8.50. The van der Waals surface area contributed by atoms with Gasteiger partial charge in [-0.1, -0.05) is 77.9 Å². The van der Waals surface area contributed by atoms with Crippen LogP contribution in [0.4, 0.5) is 0 Å². The molecule has 10 aromatic carbocycles. The quantitative estimate of drug-likeness (QED) is 0.0268. The molecule has 4 N–H and O–H groups in total. The summed E-state index contributed by atoms with van der Waals surface area (Å²) in [7, 11) is 0. The maximum atomic E-state index is 12.2. The number of nitrogens with zero attached hydrogens (tertiary/aromatic N) is 8. The Balaban J connectivity index is 0.000000130. The number of hydrogen-bond acceptors (Lipinski definition) is 26. The number of carbonyl (C=O) groups excluding carboxylic acids is 14. The molecule has 0 saturated heterocycles. The first-order valence-electron chi connectivity index (χ1n) is 47.8. The summed E-state index contributed by atoms with van der Waals surface area (Å²) >= 11 is 4.94. The molecular weight excluding hydrogens is 1930 g/mol. The van der Waals surface area contributed by atoms with Gasteiger partial charge in [0, 0.05) is 202 Å². The van der Waals surface area contributed by atoms with Crippen LogP contribution in [-0.2, 0) is 0 Å². The Hall–Kier alpha value is -18.0. The zero-order valence-corrected chi connectivity index (χ0v) is 83.7. The third-order valence-corrected chi connectivity index (χ3v) is 26.8. The number of furan rings is 1. The van der Waals surface area contributed by atoms with E-state index in [0.717, 1.165) is 91.1 Å². The predicted molar refractivity (Wildman–Crippen MR) is 578 cm³/mol. The summed E-state index contributed by atoms with van der Waals surface area (Å²) in [5.41, 5.74) is 17.5. The molecule has 0 aliphatic carbocycles. The van der Waals surface area contributed by atoms with Gasteiger partial charge in [-0.05, 0) is 259 Å². The van der Waals surface area contributed by atoms with Crippen molar-refractivity contribution < 1.29 is 71.5 Å². The van der Waals surface area contributed by atoms with Crippen molar-refractivity contribution in [2.24, 2.45) is 0 Å². The van der Waals surface area contributed by atoms with Crippen molar-refractivity contribution in [1.29, 1.82) is 0 Å². The highest BCUT2D eigenvalue weighted by Gasteiger charge is 2.22. The molecule has 21 rings (SSSR count). The number of hydrogen-bond donors (Lipinski definition) is 4. The van der Waals surface area contributed by atoms with Gasteiger partial charge in [-0.15, -0.1) is 39.1 Å². The third kappa shape index (κ3) is 29.7. The number of benzene rings is 10. The van der Waals surface area contributed by atoms with Crippen LogP contribution in [-0.4, -0.2) is 141 Å². The number of nitrogens with one attached hydrogen (secondary N) is 4. The number of aryl methyl sites for hydroxylation is 3. The van der Waals surface area contributed by atoms with Gasteiger partial charge in [0.05, 0.1) is 75.7 Å². The molecule has 11 heterocycles. The van der Waals surface area contributed by atoms with E-state index in [4.69, 9.17) is 4.42 Å². The number of fused-ring (bicyclic) bond motifs is 7. The lowest BCUT2D eigenvalue weighted by Crippen LogP contribution is -2.07. The van der Waals surface area contributed by atoms with Crippen molar-refractivity contribution in [2.45, 2.75) is 111 Å². The summed E-state index contributed by atoms with van der Waals surface area (Å²) in [6, 6.07) is 80.0. The Morgan fingerprint density at radius 1 is 0.262 bits per heavy atom. The molecule has 11 aromatic heterocycles. The minimum Gasteiger partial charge on any atom is -0.461 e. The highest BCUT2D eigenvalue weighted by Crippen LogP contribution is 2.29. The SMILES string of the molecule is Cc1ccc(C(=O)CCC(=O)c2ccc3nc[nH]c3c2)cc1.Cc1cccc(C(=O)CCC(=O)c2ccc3nc[nH]c3c2)c1.Cc1ccccc1C(=O)CCC(=O)c1ccc2nc[nH]c2c1.O=C(CCC(=O)c1ccc2nc[nH]c2c1)c1cccnc1.O=C(CCC(=O)c1ccc2sccc2c1)c1cccnc1.O=C(CCC(=O)c1cccnn1)c1ccc2sccc2c1.O=C(CCC(=O)c1ccco1)c1ccc2sccc2c1. The summed E-state index contributed by atoms with van der Waals surface area (Å²) in [5, 5.41) is 16.6. The third-order valence-electron chi connectivity index (χ3n) is 24.1. The van der Waals surface area contributed by atoms with Crippen LogP contribution in [0.5, 0.6) is 0 Å². The Morgan fingerprint density at radius 2 is 0.591 bits per heavy atom. The fourth-order valence-corrected chi connectivity index (χ4v) is 18.1. The van der Waals surface area contributed by atoms with E-state index >= 15 is 0 Å². The summed E-state index contributed by atoms with van der Waals surface area (Å²) in [4.78, 5) is 205. The number of pyridine rings is 2. The minimum absolute atomic E-state index is 0.000307. The van der Waals surface area contributed by atoms with Crippen molar-refractivity contribution in [1.82, 2.24) is 60.0 Å². The molecule has 0 radical (unpaired) electrons. The van der Waals surface area contributed by atoms with Gasteiger partial charge >= 0.3 is 0 Å². The first-order valence-corrected chi connectivity index (χ1v) is 50.4. The number of rotatable bonds is 35. The molecule has 0 aliphatic rings. The van der Waals surface area contributed by atoms with Crippen LogP contribution in [0.1, 0.15) is 252 Å². The van der Waals surface area contributed by atoms with Gasteiger partial charge in [0.25, 0.3) is 0 Å². The Morgan fingerprint density at radius 3 is 0.946 bits per heavy atom. The number of H-pyrrole nitrogens is 4. The highest BCUT2D eigenvalue weighted by molar-refractivity contribution is 7.17. The first-order chi connectivity index (χ1) is 72.4. The second kappa shape index (κ2) is 52.0. The van der Waals surface area contributed by atoms with E-state index in [2.05, 4.69) is 60.0 Å². The van der Waals surface area contributed by atoms with Gasteiger partial charge in [0.2, 0.25) is 0 Å². The summed E-state index contributed by atoms with van der Waals surface area (Å²) in [6.45, 7) is 5.83. The van der Waals surface area contributed by atoms with Crippen LogP contribution in [0.15, 0.2) is 350 Å². The van der Waals surface area contributed by atoms with Crippen molar-refractivity contribution in [3.63, 3.8) is 0 Å². The van der Waals surface area contributed by atoms with Gasteiger partial charge in [-0.2, -0.15) is 5.10 Å².